The van der Waals surface area contributed by atoms with E-state index in [-0.39, 0.29) is 5.91 Å². The lowest BCUT2D eigenvalue weighted by atomic mass is 10.1. The number of benzene rings is 1. The second kappa shape index (κ2) is 7.28. The number of nitriles is 1. The van der Waals surface area contributed by atoms with Gasteiger partial charge in [0, 0.05) is 11.7 Å². The smallest absolute Gasteiger partial charge is 0.238 e. The lowest BCUT2D eigenvalue weighted by molar-refractivity contribution is -0.120. The maximum atomic E-state index is 12.8. The Labute approximate surface area is 152 Å². The van der Waals surface area contributed by atoms with Crippen molar-refractivity contribution in [1.82, 2.24) is 10.3 Å². The number of nitrogens with one attached hydrogen (secondary N) is 1. The molecule has 5 heteroatoms. The lowest BCUT2D eigenvalue weighted by Crippen LogP contribution is -2.29. The summed E-state index contributed by atoms with van der Waals surface area (Å²) >= 11 is 1.36. The van der Waals surface area contributed by atoms with Gasteiger partial charge in [-0.2, -0.15) is 5.26 Å². The second-order valence-corrected chi connectivity index (χ2v) is 7.52. The number of thioether (sulfide) groups is 1. The fraction of sp³-hybridized carbons (Fsp3) is 0.350. The van der Waals surface area contributed by atoms with Gasteiger partial charge in [0.1, 0.15) is 16.3 Å². The molecule has 0 unspecified atom stereocenters. The van der Waals surface area contributed by atoms with Crippen molar-refractivity contribution in [3.05, 3.63) is 58.3 Å². The van der Waals surface area contributed by atoms with Crippen LogP contribution in [0.25, 0.3) is 0 Å². The molecule has 1 atom stereocenters. The van der Waals surface area contributed by atoms with Crippen LogP contribution in [0.2, 0.25) is 0 Å². The van der Waals surface area contributed by atoms with E-state index in [9.17, 15) is 10.1 Å². The molecule has 1 aromatic carbocycles. The van der Waals surface area contributed by atoms with E-state index < -0.39 is 5.25 Å². The van der Waals surface area contributed by atoms with E-state index in [1.165, 1.54) is 11.8 Å². The predicted molar refractivity (Wildman–Crippen MR) is 99.4 cm³/mol. The Morgan fingerprint density at radius 2 is 1.92 bits per heavy atom. The topological polar surface area (TPSA) is 65.8 Å². The molecular weight excluding hydrogens is 330 g/mol. The van der Waals surface area contributed by atoms with Gasteiger partial charge in [0.25, 0.3) is 0 Å². The minimum atomic E-state index is -0.414. The number of nitrogens with zero attached hydrogens (tertiary/aromatic N) is 2. The van der Waals surface area contributed by atoms with Gasteiger partial charge in [-0.25, -0.2) is 4.98 Å². The molecule has 1 N–H and O–H groups in total. The standard InChI is InChI=1S/C20H21N3OS/c1-12-13(2)17(11-21)20(22-14(12)3)25-18(15-7-5-4-6-8-15)19(24)23-16-9-10-16/h4-8,16,18H,9-10H2,1-3H3,(H,23,24)/t18-/m1/s1. The van der Waals surface area contributed by atoms with Gasteiger partial charge in [-0.05, 0) is 50.3 Å². The number of carbonyl (C=O) groups excluding carboxylic acids is 1. The number of aryl methyl sites for hydroxylation is 1. The van der Waals surface area contributed by atoms with Crippen LogP contribution in [0, 0.1) is 32.1 Å². The van der Waals surface area contributed by atoms with Gasteiger partial charge < -0.3 is 5.32 Å². The number of amides is 1. The molecule has 128 valence electrons. The van der Waals surface area contributed by atoms with Crippen molar-refractivity contribution >= 4 is 17.7 Å². The maximum Gasteiger partial charge on any atom is 0.238 e. The summed E-state index contributed by atoms with van der Waals surface area (Å²) in [5.41, 5.74) is 4.35. The van der Waals surface area contributed by atoms with Crippen molar-refractivity contribution in [2.24, 2.45) is 0 Å². The number of rotatable bonds is 5. The molecule has 25 heavy (non-hydrogen) atoms. The Morgan fingerprint density at radius 1 is 1.24 bits per heavy atom. The SMILES string of the molecule is Cc1nc(S[C@@H](C(=O)NC2CC2)c2ccccc2)c(C#N)c(C)c1C. The Morgan fingerprint density at radius 3 is 2.52 bits per heavy atom. The van der Waals surface area contributed by atoms with Crippen LogP contribution >= 0.6 is 11.8 Å². The summed E-state index contributed by atoms with van der Waals surface area (Å²) in [5, 5.41) is 12.9. The Hall–Kier alpha value is -2.32. The van der Waals surface area contributed by atoms with Gasteiger partial charge in [0.2, 0.25) is 5.91 Å². The second-order valence-electron chi connectivity index (χ2n) is 6.43. The first-order valence-electron chi connectivity index (χ1n) is 8.41. The van der Waals surface area contributed by atoms with Crippen LogP contribution < -0.4 is 5.32 Å². The molecule has 1 aliphatic carbocycles. The fourth-order valence-electron chi connectivity index (χ4n) is 2.65. The highest BCUT2D eigenvalue weighted by molar-refractivity contribution is 8.00. The average Bonchev–Trinajstić information content (AvgIpc) is 3.42. The van der Waals surface area contributed by atoms with E-state index in [2.05, 4.69) is 16.4 Å². The molecule has 1 fully saturated rings. The van der Waals surface area contributed by atoms with Gasteiger partial charge in [0.05, 0.1) is 5.56 Å². The van der Waals surface area contributed by atoms with Gasteiger partial charge in [0.15, 0.2) is 0 Å². The van der Waals surface area contributed by atoms with Gasteiger partial charge in [-0.3, -0.25) is 4.79 Å². The first kappa shape index (κ1) is 17.5. The molecule has 0 radical (unpaired) electrons. The molecule has 1 amide bonds. The zero-order valence-electron chi connectivity index (χ0n) is 14.7. The zero-order valence-corrected chi connectivity index (χ0v) is 15.5. The predicted octanol–water partition coefficient (Wildman–Crippen LogP) is 3.99. The highest BCUT2D eigenvalue weighted by Gasteiger charge is 2.30. The molecule has 2 aromatic rings. The Bertz CT molecular complexity index is 838. The van der Waals surface area contributed by atoms with E-state index in [0.29, 0.717) is 16.6 Å². The molecule has 3 rings (SSSR count). The first-order valence-corrected chi connectivity index (χ1v) is 9.29. The molecule has 4 nitrogen and oxygen atoms in total. The van der Waals surface area contributed by atoms with Crippen LogP contribution in [0.1, 0.15) is 46.0 Å². The third-order valence-electron chi connectivity index (χ3n) is 4.57. The summed E-state index contributed by atoms with van der Waals surface area (Å²) in [6.45, 7) is 5.85. The molecule has 1 saturated carbocycles. The summed E-state index contributed by atoms with van der Waals surface area (Å²) in [6, 6.07) is 12.2. The van der Waals surface area contributed by atoms with E-state index in [1.54, 1.807) is 0 Å². The summed E-state index contributed by atoms with van der Waals surface area (Å²) in [6.07, 6.45) is 2.09. The zero-order chi connectivity index (χ0) is 18.0. The summed E-state index contributed by atoms with van der Waals surface area (Å²) in [7, 11) is 0. The molecule has 1 aliphatic rings. The monoisotopic (exact) mass is 351 g/mol. The summed E-state index contributed by atoms with van der Waals surface area (Å²) < 4.78 is 0. The maximum absolute atomic E-state index is 12.8. The van der Waals surface area contributed by atoms with E-state index in [1.807, 2.05) is 51.1 Å². The van der Waals surface area contributed by atoms with Crippen LogP contribution in [-0.2, 0) is 4.79 Å². The van der Waals surface area contributed by atoms with Gasteiger partial charge >= 0.3 is 0 Å². The number of carbonyl (C=O) groups is 1. The van der Waals surface area contributed by atoms with Gasteiger partial charge in [-0.15, -0.1) is 0 Å². The highest BCUT2D eigenvalue weighted by atomic mass is 32.2. The number of pyridine rings is 1. The highest BCUT2D eigenvalue weighted by Crippen LogP contribution is 2.38. The summed E-state index contributed by atoms with van der Waals surface area (Å²) in [4.78, 5) is 17.4. The fourth-order valence-corrected chi connectivity index (χ4v) is 3.84. The van der Waals surface area contributed by atoms with Crippen molar-refractivity contribution in [2.45, 2.75) is 49.9 Å². The lowest BCUT2D eigenvalue weighted by Gasteiger charge is -2.18. The average molecular weight is 351 g/mol. The van der Waals surface area contributed by atoms with Crippen LogP contribution in [0.4, 0.5) is 0 Å². The summed E-state index contributed by atoms with van der Waals surface area (Å²) in [5.74, 6) is -0.0136. The van der Waals surface area contributed by atoms with Crippen LogP contribution in [0.3, 0.4) is 0 Å². The van der Waals surface area contributed by atoms with Gasteiger partial charge in [-0.1, -0.05) is 42.1 Å². The Balaban J connectivity index is 1.98. The Kier molecular flexibility index (Phi) is 5.10. The molecule has 0 bridgehead atoms. The van der Waals surface area contributed by atoms with Crippen molar-refractivity contribution in [3.63, 3.8) is 0 Å². The van der Waals surface area contributed by atoms with Crippen molar-refractivity contribution in [2.75, 3.05) is 0 Å². The van der Waals surface area contributed by atoms with Crippen LogP contribution in [-0.4, -0.2) is 16.9 Å². The van der Waals surface area contributed by atoms with Crippen LogP contribution in [0.5, 0.6) is 0 Å². The normalized spacial score (nSPS) is 14.6. The largest absolute Gasteiger partial charge is 0.352 e. The van der Waals surface area contributed by atoms with E-state index in [0.717, 1.165) is 35.2 Å². The molecule has 0 spiro atoms. The number of hydrogen-bond acceptors (Lipinski definition) is 4. The van der Waals surface area contributed by atoms with Crippen molar-refractivity contribution in [3.8, 4) is 6.07 Å². The molecule has 1 aromatic heterocycles. The quantitative estimate of drug-likeness (QED) is 0.827. The minimum absolute atomic E-state index is 0.0136. The number of hydrogen-bond donors (Lipinski definition) is 1. The first-order chi connectivity index (χ1) is 12.0. The minimum Gasteiger partial charge on any atom is -0.352 e. The number of aromatic nitrogens is 1. The van der Waals surface area contributed by atoms with E-state index in [4.69, 9.17) is 0 Å². The third kappa shape index (κ3) is 3.85. The van der Waals surface area contributed by atoms with Crippen molar-refractivity contribution in [1.29, 1.82) is 5.26 Å². The molecule has 1 heterocycles. The van der Waals surface area contributed by atoms with Crippen LogP contribution in [0.15, 0.2) is 35.4 Å². The third-order valence-corrected chi connectivity index (χ3v) is 5.81. The molecule has 0 aliphatic heterocycles. The molecule has 0 saturated heterocycles. The molecular formula is C20H21N3OS. The van der Waals surface area contributed by atoms with Crippen molar-refractivity contribution < 1.29 is 4.79 Å². The van der Waals surface area contributed by atoms with E-state index >= 15 is 0 Å².